The van der Waals surface area contributed by atoms with Gasteiger partial charge in [0.1, 0.15) is 11.0 Å². The van der Waals surface area contributed by atoms with Gasteiger partial charge in [-0.25, -0.2) is 4.98 Å². The lowest BCUT2D eigenvalue weighted by molar-refractivity contribution is 0.287. The van der Waals surface area contributed by atoms with Crippen molar-refractivity contribution in [1.29, 1.82) is 0 Å². The minimum absolute atomic E-state index is 0.472. The Morgan fingerprint density at radius 1 is 1.47 bits per heavy atom. The molecule has 0 aliphatic heterocycles. The Morgan fingerprint density at radius 3 is 2.93 bits per heavy atom. The first-order chi connectivity index (χ1) is 7.28. The number of hydrogen-bond acceptors (Lipinski definition) is 3. The molecule has 0 N–H and O–H groups in total. The molecule has 4 heteroatoms. The van der Waals surface area contributed by atoms with Crippen LogP contribution in [-0.4, -0.2) is 16.6 Å². The average Bonchev–Trinajstić information content (AvgIpc) is 2.98. The van der Waals surface area contributed by atoms with Crippen molar-refractivity contribution in [1.82, 2.24) is 9.97 Å². The van der Waals surface area contributed by atoms with Crippen molar-refractivity contribution in [3.63, 3.8) is 0 Å². The third-order valence-electron chi connectivity index (χ3n) is 2.36. The average molecular weight is 227 g/mol. The van der Waals surface area contributed by atoms with Gasteiger partial charge in [0, 0.05) is 12.5 Å². The fourth-order valence-electron chi connectivity index (χ4n) is 1.34. The van der Waals surface area contributed by atoms with E-state index in [0.717, 1.165) is 31.2 Å². The topological polar surface area (TPSA) is 35.0 Å². The van der Waals surface area contributed by atoms with E-state index in [9.17, 15) is 0 Å². The lowest BCUT2D eigenvalue weighted by Crippen LogP contribution is -2.03. The van der Waals surface area contributed by atoms with Crippen LogP contribution in [0.25, 0.3) is 0 Å². The van der Waals surface area contributed by atoms with Gasteiger partial charge in [0.05, 0.1) is 6.61 Å². The highest BCUT2D eigenvalue weighted by atomic mass is 35.5. The van der Waals surface area contributed by atoms with Crippen LogP contribution in [0.5, 0.6) is 5.88 Å². The monoisotopic (exact) mass is 226 g/mol. The SMILES string of the molecule is CCCc1nc(Cl)cc(OCC2CC2)n1. The number of aromatic nitrogens is 2. The molecule has 1 aromatic heterocycles. The summed E-state index contributed by atoms with van der Waals surface area (Å²) in [6.07, 6.45) is 4.42. The van der Waals surface area contributed by atoms with Gasteiger partial charge in [0.15, 0.2) is 0 Å². The van der Waals surface area contributed by atoms with Crippen molar-refractivity contribution in [2.75, 3.05) is 6.61 Å². The number of hydrogen-bond donors (Lipinski definition) is 0. The molecule has 0 unspecified atom stereocenters. The molecule has 0 aromatic carbocycles. The summed E-state index contributed by atoms with van der Waals surface area (Å²) in [6.45, 7) is 2.86. The van der Waals surface area contributed by atoms with E-state index in [1.165, 1.54) is 12.8 Å². The summed E-state index contributed by atoms with van der Waals surface area (Å²) in [7, 11) is 0. The summed E-state index contributed by atoms with van der Waals surface area (Å²) in [5, 5.41) is 0.472. The Morgan fingerprint density at radius 2 is 2.27 bits per heavy atom. The molecule has 0 radical (unpaired) electrons. The first-order valence-corrected chi connectivity index (χ1v) is 5.82. The minimum Gasteiger partial charge on any atom is -0.477 e. The van der Waals surface area contributed by atoms with E-state index in [1.54, 1.807) is 6.07 Å². The molecule has 0 atom stereocenters. The van der Waals surface area contributed by atoms with Crippen LogP contribution in [0.15, 0.2) is 6.07 Å². The molecule has 0 spiro atoms. The molecule has 1 aliphatic rings. The molecule has 0 amide bonds. The smallest absolute Gasteiger partial charge is 0.218 e. The third-order valence-corrected chi connectivity index (χ3v) is 2.55. The van der Waals surface area contributed by atoms with Crippen molar-refractivity contribution >= 4 is 11.6 Å². The molecule has 0 bridgehead atoms. The second kappa shape index (κ2) is 4.79. The number of halogens is 1. The van der Waals surface area contributed by atoms with Crippen molar-refractivity contribution in [3.8, 4) is 5.88 Å². The Labute approximate surface area is 94.8 Å². The van der Waals surface area contributed by atoms with Gasteiger partial charge in [-0.1, -0.05) is 18.5 Å². The lowest BCUT2D eigenvalue weighted by Gasteiger charge is -2.06. The first-order valence-electron chi connectivity index (χ1n) is 5.44. The van der Waals surface area contributed by atoms with Gasteiger partial charge in [-0.3, -0.25) is 0 Å². The second-order valence-corrected chi connectivity index (χ2v) is 4.34. The van der Waals surface area contributed by atoms with E-state index in [0.29, 0.717) is 11.0 Å². The van der Waals surface area contributed by atoms with E-state index in [4.69, 9.17) is 16.3 Å². The van der Waals surface area contributed by atoms with Crippen molar-refractivity contribution in [2.24, 2.45) is 5.92 Å². The fourth-order valence-corrected chi connectivity index (χ4v) is 1.53. The fraction of sp³-hybridized carbons (Fsp3) is 0.636. The van der Waals surface area contributed by atoms with Crippen LogP contribution in [0.1, 0.15) is 32.0 Å². The molecule has 1 fully saturated rings. The van der Waals surface area contributed by atoms with Crippen molar-refractivity contribution in [3.05, 3.63) is 17.0 Å². The van der Waals surface area contributed by atoms with Crippen molar-refractivity contribution < 1.29 is 4.74 Å². The predicted molar refractivity (Wildman–Crippen MR) is 59.3 cm³/mol. The normalized spacial score (nSPS) is 15.3. The number of nitrogens with zero attached hydrogens (tertiary/aromatic N) is 2. The summed E-state index contributed by atoms with van der Waals surface area (Å²) in [6, 6.07) is 1.68. The highest BCUT2D eigenvalue weighted by molar-refractivity contribution is 6.29. The number of ether oxygens (including phenoxy) is 1. The Bertz CT molecular complexity index is 339. The summed E-state index contributed by atoms with van der Waals surface area (Å²) in [5.41, 5.74) is 0. The van der Waals surface area contributed by atoms with E-state index in [-0.39, 0.29) is 0 Å². The number of aryl methyl sites for hydroxylation is 1. The minimum atomic E-state index is 0.472. The standard InChI is InChI=1S/C11H15ClN2O/c1-2-3-10-13-9(12)6-11(14-10)15-7-8-4-5-8/h6,8H,2-5,7H2,1H3. The maximum atomic E-state index is 5.89. The van der Waals surface area contributed by atoms with E-state index in [2.05, 4.69) is 16.9 Å². The molecule has 15 heavy (non-hydrogen) atoms. The van der Waals surface area contributed by atoms with Crippen molar-refractivity contribution in [2.45, 2.75) is 32.6 Å². The molecule has 2 rings (SSSR count). The first kappa shape index (κ1) is 10.7. The molecule has 1 aliphatic carbocycles. The quantitative estimate of drug-likeness (QED) is 0.725. The Hall–Kier alpha value is -0.830. The lowest BCUT2D eigenvalue weighted by atomic mass is 10.3. The molecule has 0 saturated heterocycles. The molecular weight excluding hydrogens is 212 g/mol. The molecule has 3 nitrogen and oxygen atoms in total. The van der Waals surface area contributed by atoms with Crippen LogP contribution in [0.2, 0.25) is 5.15 Å². The summed E-state index contributed by atoms with van der Waals surface area (Å²) in [5.74, 6) is 2.12. The van der Waals surface area contributed by atoms with E-state index < -0.39 is 0 Å². The zero-order chi connectivity index (χ0) is 10.7. The predicted octanol–water partition coefficient (Wildman–Crippen LogP) is 2.87. The van der Waals surface area contributed by atoms with Gasteiger partial charge in [-0.2, -0.15) is 4.98 Å². The molecular formula is C11H15ClN2O. The van der Waals surface area contributed by atoms with Gasteiger partial charge >= 0.3 is 0 Å². The zero-order valence-electron chi connectivity index (χ0n) is 8.87. The van der Waals surface area contributed by atoms with Gasteiger partial charge in [-0.05, 0) is 25.2 Å². The van der Waals surface area contributed by atoms with Gasteiger partial charge in [0.25, 0.3) is 0 Å². The van der Waals surface area contributed by atoms with Gasteiger partial charge < -0.3 is 4.74 Å². The van der Waals surface area contributed by atoms with Crippen LogP contribution < -0.4 is 4.74 Å². The second-order valence-electron chi connectivity index (χ2n) is 3.95. The molecule has 1 saturated carbocycles. The van der Waals surface area contributed by atoms with E-state index in [1.807, 2.05) is 0 Å². The molecule has 82 valence electrons. The van der Waals surface area contributed by atoms with Crippen LogP contribution >= 0.6 is 11.6 Å². The van der Waals surface area contributed by atoms with Gasteiger partial charge in [0.2, 0.25) is 5.88 Å². The highest BCUT2D eigenvalue weighted by Crippen LogP contribution is 2.29. The molecule has 1 aromatic rings. The largest absolute Gasteiger partial charge is 0.477 e. The van der Waals surface area contributed by atoms with Crippen LogP contribution in [-0.2, 0) is 6.42 Å². The maximum Gasteiger partial charge on any atom is 0.218 e. The van der Waals surface area contributed by atoms with E-state index >= 15 is 0 Å². The number of rotatable bonds is 5. The van der Waals surface area contributed by atoms with Crippen LogP contribution in [0, 0.1) is 5.92 Å². The Balaban J connectivity index is 2.00. The van der Waals surface area contributed by atoms with Crippen LogP contribution in [0.4, 0.5) is 0 Å². The maximum absolute atomic E-state index is 5.89. The Kier molecular flexibility index (Phi) is 3.41. The highest BCUT2D eigenvalue weighted by Gasteiger charge is 2.22. The summed E-state index contributed by atoms with van der Waals surface area (Å²) >= 11 is 5.89. The van der Waals surface area contributed by atoms with Gasteiger partial charge in [-0.15, -0.1) is 0 Å². The molecule has 1 heterocycles. The zero-order valence-corrected chi connectivity index (χ0v) is 9.63. The third kappa shape index (κ3) is 3.34. The van der Waals surface area contributed by atoms with Crippen LogP contribution in [0.3, 0.4) is 0 Å². The summed E-state index contributed by atoms with van der Waals surface area (Å²) < 4.78 is 5.56. The summed E-state index contributed by atoms with van der Waals surface area (Å²) in [4.78, 5) is 8.45.